The van der Waals surface area contributed by atoms with Crippen molar-refractivity contribution in [3.63, 3.8) is 0 Å². The molecule has 3 heteroatoms. The van der Waals surface area contributed by atoms with E-state index >= 15 is 0 Å². The largest absolute Gasteiger partial charge is 0.310 e. The second kappa shape index (κ2) is 7.68. The number of halogens is 2. The molecule has 1 N–H and O–H groups in total. The fourth-order valence-corrected chi connectivity index (χ4v) is 2.67. The summed E-state index contributed by atoms with van der Waals surface area (Å²) in [5, 5.41) is 5.04. The SMILES string of the molecule is CCCNC(Cc1ccccc1)c1cc(Cl)ccc1Cl. The molecule has 0 aliphatic rings. The van der Waals surface area contributed by atoms with Crippen LogP contribution in [0.5, 0.6) is 0 Å². The highest BCUT2D eigenvalue weighted by Gasteiger charge is 2.15. The Bertz CT molecular complexity index is 540. The summed E-state index contributed by atoms with van der Waals surface area (Å²) in [5.41, 5.74) is 2.36. The molecule has 2 aromatic rings. The summed E-state index contributed by atoms with van der Waals surface area (Å²) in [4.78, 5) is 0. The lowest BCUT2D eigenvalue weighted by molar-refractivity contribution is 0.529. The van der Waals surface area contributed by atoms with E-state index in [0.717, 1.165) is 35.0 Å². The molecule has 0 heterocycles. The third kappa shape index (κ3) is 4.24. The van der Waals surface area contributed by atoms with Gasteiger partial charge in [0.2, 0.25) is 0 Å². The molecule has 0 amide bonds. The molecule has 0 aromatic heterocycles. The fourth-order valence-electron chi connectivity index (χ4n) is 2.24. The van der Waals surface area contributed by atoms with Crippen molar-refractivity contribution in [3.05, 3.63) is 69.7 Å². The van der Waals surface area contributed by atoms with Crippen molar-refractivity contribution in [2.75, 3.05) is 6.54 Å². The number of hydrogen-bond acceptors (Lipinski definition) is 1. The Kier molecular flexibility index (Phi) is 5.90. The van der Waals surface area contributed by atoms with E-state index in [1.54, 1.807) is 0 Å². The van der Waals surface area contributed by atoms with Gasteiger partial charge in [0.1, 0.15) is 0 Å². The predicted octanol–water partition coefficient (Wildman–Crippen LogP) is 5.28. The Morgan fingerprint density at radius 3 is 2.50 bits per heavy atom. The molecule has 0 aliphatic carbocycles. The molecule has 2 aromatic carbocycles. The summed E-state index contributed by atoms with van der Waals surface area (Å²) in [5.74, 6) is 0. The highest BCUT2D eigenvalue weighted by molar-refractivity contribution is 6.33. The van der Waals surface area contributed by atoms with Crippen LogP contribution in [-0.4, -0.2) is 6.54 Å². The zero-order valence-electron chi connectivity index (χ0n) is 11.6. The van der Waals surface area contributed by atoms with Gasteiger partial charge in [-0.3, -0.25) is 0 Å². The van der Waals surface area contributed by atoms with Gasteiger partial charge >= 0.3 is 0 Å². The minimum absolute atomic E-state index is 0.184. The molecule has 1 atom stereocenters. The number of nitrogens with one attached hydrogen (secondary N) is 1. The Morgan fingerprint density at radius 1 is 1.05 bits per heavy atom. The molecule has 0 aliphatic heterocycles. The molecule has 0 saturated carbocycles. The summed E-state index contributed by atoms with van der Waals surface area (Å²) in [7, 11) is 0. The van der Waals surface area contributed by atoms with Crippen molar-refractivity contribution < 1.29 is 0 Å². The molecule has 2 rings (SSSR count). The predicted molar refractivity (Wildman–Crippen MR) is 87.6 cm³/mol. The molecule has 0 bridgehead atoms. The van der Waals surface area contributed by atoms with Gasteiger partial charge in [-0.25, -0.2) is 0 Å². The molecule has 0 fully saturated rings. The standard InChI is InChI=1S/C17H19Cl2N/c1-2-10-20-17(11-13-6-4-3-5-7-13)15-12-14(18)8-9-16(15)19/h3-9,12,17,20H,2,10-11H2,1H3. The van der Waals surface area contributed by atoms with Crippen molar-refractivity contribution >= 4 is 23.2 Å². The van der Waals surface area contributed by atoms with Gasteiger partial charge in [0.05, 0.1) is 0 Å². The molecule has 1 nitrogen and oxygen atoms in total. The van der Waals surface area contributed by atoms with Crippen molar-refractivity contribution in [3.8, 4) is 0 Å². The van der Waals surface area contributed by atoms with E-state index in [1.165, 1.54) is 5.56 Å². The molecule has 0 spiro atoms. The molecule has 0 radical (unpaired) electrons. The van der Waals surface area contributed by atoms with Crippen molar-refractivity contribution in [1.29, 1.82) is 0 Å². The van der Waals surface area contributed by atoms with E-state index in [2.05, 4.69) is 36.5 Å². The zero-order valence-corrected chi connectivity index (χ0v) is 13.1. The molecule has 20 heavy (non-hydrogen) atoms. The first-order valence-corrected chi connectivity index (χ1v) is 7.68. The Balaban J connectivity index is 2.24. The van der Waals surface area contributed by atoms with Crippen LogP contribution < -0.4 is 5.32 Å². The summed E-state index contributed by atoms with van der Waals surface area (Å²) in [6.07, 6.45) is 1.99. The van der Waals surface area contributed by atoms with Crippen LogP contribution in [0.1, 0.15) is 30.5 Å². The second-order valence-corrected chi connectivity index (χ2v) is 5.71. The number of benzene rings is 2. The van der Waals surface area contributed by atoms with Crippen LogP contribution in [0.25, 0.3) is 0 Å². The van der Waals surface area contributed by atoms with E-state index in [9.17, 15) is 0 Å². The van der Waals surface area contributed by atoms with E-state index in [-0.39, 0.29) is 6.04 Å². The molecular formula is C17H19Cl2N. The number of rotatable bonds is 6. The fraction of sp³-hybridized carbons (Fsp3) is 0.294. The molecule has 1 unspecified atom stereocenters. The quantitative estimate of drug-likeness (QED) is 0.766. The lowest BCUT2D eigenvalue weighted by atomic mass is 9.98. The Hall–Kier alpha value is -1.02. The minimum Gasteiger partial charge on any atom is -0.310 e. The maximum Gasteiger partial charge on any atom is 0.0454 e. The van der Waals surface area contributed by atoms with Gasteiger partial charge in [0, 0.05) is 16.1 Å². The molecular weight excluding hydrogens is 289 g/mol. The lowest BCUT2D eigenvalue weighted by Gasteiger charge is -2.20. The average molecular weight is 308 g/mol. The van der Waals surface area contributed by atoms with Gasteiger partial charge in [-0.1, -0.05) is 60.5 Å². The highest BCUT2D eigenvalue weighted by atomic mass is 35.5. The average Bonchev–Trinajstić information content (AvgIpc) is 2.47. The third-order valence-corrected chi connectivity index (χ3v) is 3.84. The monoisotopic (exact) mass is 307 g/mol. The van der Waals surface area contributed by atoms with Crippen LogP contribution in [0.15, 0.2) is 48.5 Å². The van der Waals surface area contributed by atoms with E-state index in [4.69, 9.17) is 23.2 Å². The van der Waals surface area contributed by atoms with Crippen LogP contribution in [-0.2, 0) is 6.42 Å². The zero-order chi connectivity index (χ0) is 14.4. The van der Waals surface area contributed by atoms with Gasteiger partial charge in [0.15, 0.2) is 0 Å². The minimum atomic E-state index is 0.184. The molecule has 0 saturated heterocycles. The Morgan fingerprint density at radius 2 is 1.80 bits per heavy atom. The second-order valence-electron chi connectivity index (χ2n) is 4.86. The van der Waals surface area contributed by atoms with E-state index in [0.29, 0.717) is 0 Å². The van der Waals surface area contributed by atoms with E-state index in [1.807, 2.05) is 24.3 Å². The molecule has 106 valence electrons. The maximum atomic E-state index is 6.34. The first-order valence-electron chi connectivity index (χ1n) is 6.93. The first kappa shape index (κ1) is 15.4. The van der Waals surface area contributed by atoms with Gasteiger partial charge in [-0.15, -0.1) is 0 Å². The third-order valence-electron chi connectivity index (χ3n) is 3.26. The van der Waals surface area contributed by atoms with Gasteiger partial charge < -0.3 is 5.32 Å². The van der Waals surface area contributed by atoms with Crippen LogP contribution in [0.4, 0.5) is 0 Å². The maximum absolute atomic E-state index is 6.34. The van der Waals surface area contributed by atoms with Crippen LogP contribution in [0.3, 0.4) is 0 Å². The topological polar surface area (TPSA) is 12.0 Å². The summed E-state index contributed by atoms with van der Waals surface area (Å²) < 4.78 is 0. The smallest absolute Gasteiger partial charge is 0.0454 e. The van der Waals surface area contributed by atoms with E-state index < -0.39 is 0 Å². The van der Waals surface area contributed by atoms with Crippen molar-refractivity contribution in [2.45, 2.75) is 25.8 Å². The van der Waals surface area contributed by atoms with Crippen LogP contribution >= 0.6 is 23.2 Å². The van der Waals surface area contributed by atoms with Gasteiger partial charge in [0.25, 0.3) is 0 Å². The van der Waals surface area contributed by atoms with Crippen molar-refractivity contribution in [2.24, 2.45) is 0 Å². The van der Waals surface area contributed by atoms with Crippen LogP contribution in [0, 0.1) is 0 Å². The number of hydrogen-bond donors (Lipinski definition) is 1. The summed E-state index contributed by atoms with van der Waals surface area (Å²) in [6.45, 7) is 3.12. The first-order chi connectivity index (χ1) is 9.70. The van der Waals surface area contributed by atoms with Crippen LogP contribution in [0.2, 0.25) is 10.0 Å². The highest BCUT2D eigenvalue weighted by Crippen LogP contribution is 2.28. The summed E-state index contributed by atoms with van der Waals surface area (Å²) >= 11 is 12.4. The van der Waals surface area contributed by atoms with Gasteiger partial charge in [-0.2, -0.15) is 0 Å². The van der Waals surface area contributed by atoms with Crippen molar-refractivity contribution in [1.82, 2.24) is 5.32 Å². The lowest BCUT2D eigenvalue weighted by Crippen LogP contribution is -2.24. The summed E-state index contributed by atoms with van der Waals surface area (Å²) in [6, 6.07) is 16.3. The Labute approximate surface area is 130 Å². The normalized spacial score (nSPS) is 12.3. The van der Waals surface area contributed by atoms with Gasteiger partial charge in [-0.05, 0) is 48.7 Å².